The summed E-state index contributed by atoms with van der Waals surface area (Å²) in [7, 11) is 3.70. The van der Waals surface area contributed by atoms with Crippen LogP contribution in [-0.2, 0) is 0 Å². The van der Waals surface area contributed by atoms with Gasteiger partial charge in [0.2, 0.25) is 0 Å². The van der Waals surface area contributed by atoms with Crippen LogP contribution in [0, 0.1) is 0 Å². The molecule has 60 valence electrons. The summed E-state index contributed by atoms with van der Waals surface area (Å²) in [4.78, 5) is 0. The maximum absolute atomic E-state index is 5.98. The molecule has 0 radical (unpaired) electrons. The Bertz CT molecular complexity index is 226. The standard InChI is InChI=1S/C8H11ClN2/c1-10-6-4-3-5-7(11-2)8(6)9/h3-5,10-11H,1-2H3. The molecule has 3 heteroatoms. The molecule has 0 unspecified atom stereocenters. The molecule has 1 aromatic rings. The van der Waals surface area contributed by atoms with Gasteiger partial charge in [-0.15, -0.1) is 0 Å². The van der Waals surface area contributed by atoms with Crippen molar-refractivity contribution in [2.75, 3.05) is 24.7 Å². The van der Waals surface area contributed by atoms with Crippen LogP contribution in [0.25, 0.3) is 0 Å². The minimum absolute atomic E-state index is 0.734. The predicted octanol–water partition coefficient (Wildman–Crippen LogP) is 2.42. The molecule has 0 bridgehead atoms. The van der Waals surface area contributed by atoms with Gasteiger partial charge in [-0.25, -0.2) is 0 Å². The molecule has 1 aromatic carbocycles. The minimum Gasteiger partial charge on any atom is -0.387 e. The van der Waals surface area contributed by atoms with Gasteiger partial charge in [0.15, 0.2) is 0 Å². The summed E-state index contributed by atoms with van der Waals surface area (Å²) in [5.74, 6) is 0. The van der Waals surface area contributed by atoms with Gasteiger partial charge in [-0.3, -0.25) is 0 Å². The van der Waals surface area contributed by atoms with Crippen LogP contribution in [0.3, 0.4) is 0 Å². The Morgan fingerprint density at radius 1 is 1.09 bits per heavy atom. The molecule has 0 spiro atoms. The molecule has 2 nitrogen and oxygen atoms in total. The van der Waals surface area contributed by atoms with Crippen LogP contribution in [0.5, 0.6) is 0 Å². The van der Waals surface area contributed by atoms with E-state index in [4.69, 9.17) is 11.6 Å². The van der Waals surface area contributed by atoms with Crippen molar-refractivity contribution in [1.29, 1.82) is 0 Å². The van der Waals surface area contributed by atoms with Crippen molar-refractivity contribution in [3.8, 4) is 0 Å². The lowest BCUT2D eigenvalue weighted by Crippen LogP contribution is -1.93. The van der Waals surface area contributed by atoms with Crippen molar-refractivity contribution in [2.45, 2.75) is 0 Å². The summed E-state index contributed by atoms with van der Waals surface area (Å²) in [6.07, 6.45) is 0. The number of hydrogen-bond donors (Lipinski definition) is 2. The fraction of sp³-hybridized carbons (Fsp3) is 0.250. The maximum atomic E-state index is 5.98. The third-order valence-electron chi connectivity index (χ3n) is 1.54. The first-order valence-electron chi connectivity index (χ1n) is 3.43. The second kappa shape index (κ2) is 3.49. The van der Waals surface area contributed by atoms with Crippen molar-refractivity contribution in [1.82, 2.24) is 0 Å². The monoisotopic (exact) mass is 170 g/mol. The predicted molar refractivity (Wildman–Crippen MR) is 50.5 cm³/mol. The Morgan fingerprint density at radius 2 is 1.55 bits per heavy atom. The Morgan fingerprint density at radius 3 is 1.91 bits per heavy atom. The Hall–Kier alpha value is -0.890. The molecule has 0 heterocycles. The molecule has 0 aliphatic rings. The van der Waals surface area contributed by atoms with Crippen LogP contribution < -0.4 is 10.6 Å². The lowest BCUT2D eigenvalue weighted by Gasteiger charge is -2.07. The Balaban J connectivity index is 3.10. The summed E-state index contributed by atoms with van der Waals surface area (Å²) in [5, 5.41) is 6.73. The molecular weight excluding hydrogens is 160 g/mol. The molecule has 0 aliphatic heterocycles. The molecule has 0 saturated carbocycles. The second-order valence-electron chi connectivity index (χ2n) is 2.17. The molecule has 0 aromatic heterocycles. The third kappa shape index (κ3) is 1.57. The van der Waals surface area contributed by atoms with Crippen molar-refractivity contribution in [2.24, 2.45) is 0 Å². The first kappa shape index (κ1) is 8.21. The summed E-state index contributed by atoms with van der Waals surface area (Å²) >= 11 is 5.98. The van der Waals surface area contributed by atoms with Crippen molar-refractivity contribution < 1.29 is 0 Å². The van der Waals surface area contributed by atoms with Crippen LogP contribution in [0.4, 0.5) is 11.4 Å². The summed E-state index contributed by atoms with van der Waals surface area (Å²) in [5.41, 5.74) is 1.89. The zero-order valence-electron chi connectivity index (χ0n) is 6.61. The van der Waals surface area contributed by atoms with E-state index in [1.807, 2.05) is 32.3 Å². The van der Waals surface area contributed by atoms with E-state index < -0.39 is 0 Å². The number of anilines is 2. The molecule has 0 amide bonds. The van der Waals surface area contributed by atoms with Gasteiger partial charge in [0.25, 0.3) is 0 Å². The number of benzene rings is 1. The van der Waals surface area contributed by atoms with Gasteiger partial charge < -0.3 is 10.6 Å². The normalized spacial score (nSPS) is 9.36. The zero-order chi connectivity index (χ0) is 8.27. The van der Waals surface area contributed by atoms with Gasteiger partial charge in [-0.1, -0.05) is 17.7 Å². The van der Waals surface area contributed by atoms with Crippen LogP contribution in [0.15, 0.2) is 18.2 Å². The Labute approximate surface area is 71.6 Å². The average molecular weight is 171 g/mol. The zero-order valence-corrected chi connectivity index (χ0v) is 7.37. The van der Waals surface area contributed by atoms with Crippen LogP contribution in [0.1, 0.15) is 0 Å². The lowest BCUT2D eigenvalue weighted by atomic mass is 10.3. The quantitative estimate of drug-likeness (QED) is 0.713. The van der Waals surface area contributed by atoms with Gasteiger partial charge in [0, 0.05) is 14.1 Å². The summed E-state index contributed by atoms with van der Waals surface area (Å²) in [6.45, 7) is 0. The Kier molecular flexibility index (Phi) is 2.60. The second-order valence-corrected chi connectivity index (χ2v) is 2.55. The van der Waals surface area contributed by atoms with Gasteiger partial charge >= 0.3 is 0 Å². The minimum atomic E-state index is 0.734. The van der Waals surface area contributed by atoms with E-state index in [1.165, 1.54) is 0 Å². The SMILES string of the molecule is CNc1cccc(NC)c1Cl. The van der Waals surface area contributed by atoms with Gasteiger partial charge in [-0.05, 0) is 12.1 Å². The highest BCUT2D eigenvalue weighted by Crippen LogP contribution is 2.28. The van der Waals surface area contributed by atoms with E-state index in [2.05, 4.69) is 10.6 Å². The van der Waals surface area contributed by atoms with Crippen LogP contribution in [-0.4, -0.2) is 14.1 Å². The highest BCUT2D eigenvalue weighted by Gasteiger charge is 2.00. The highest BCUT2D eigenvalue weighted by atomic mass is 35.5. The third-order valence-corrected chi connectivity index (χ3v) is 1.94. The van der Waals surface area contributed by atoms with Gasteiger partial charge in [0.1, 0.15) is 0 Å². The first-order valence-corrected chi connectivity index (χ1v) is 3.81. The van der Waals surface area contributed by atoms with Gasteiger partial charge in [0.05, 0.1) is 16.4 Å². The lowest BCUT2D eigenvalue weighted by molar-refractivity contribution is 1.47. The molecule has 11 heavy (non-hydrogen) atoms. The van der Waals surface area contributed by atoms with Crippen LogP contribution >= 0.6 is 11.6 Å². The highest BCUT2D eigenvalue weighted by molar-refractivity contribution is 6.35. The largest absolute Gasteiger partial charge is 0.387 e. The van der Waals surface area contributed by atoms with Crippen LogP contribution in [0.2, 0.25) is 5.02 Å². The average Bonchev–Trinajstić information content (AvgIpc) is 2.05. The molecule has 0 aliphatic carbocycles. The molecule has 1 rings (SSSR count). The van der Waals surface area contributed by atoms with E-state index in [9.17, 15) is 0 Å². The fourth-order valence-electron chi connectivity index (χ4n) is 0.918. The molecule has 0 saturated heterocycles. The molecule has 0 fully saturated rings. The fourth-order valence-corrected chi connectivity index (χ4v) is 1.23. The maximum Gasteiger partial charge on any atom is 0.0868 e. The van der Waals surface area contributed by atoms with Crippen molar-refractivity contribution in [3.63, 3.8) is 0 Å². The van der Waals surface area contributed by atoms with Crippen molar-refractivity contribution >= 4 is 23.0 Å². The smallest absolute Gasteiger partial charge is 0.0868 e. The van der Waals surface area contributed by atoms with E-state index >= 15 is 0 Å². The van der Waals surface area contributed by atoms with E-state index in [-0.39, 0.29) is 0 Å². The van der Waals surface area contributed by atoms with E-state index in [0.29, 0.717) is 0 Å². The van der Waals surface area contributed by atoms with E-state index in [0.717, 1.165) is 16.4 Å². The number of halogens is 1. The number of hydrogen-bond acceptors (Lipinski definition) is 2. The molecule has 2 N–H and O–H groups in total. The number of rotatable bonds is 2. The molecular formula is C8H11ClN2. The summed E-state index contributed by atoms with van der Waals surface area (Å²) in [6, 6.07) is 5.82. The first-order chi connectivity index (χ1) is 5.29. The molecule has 0 atom stereocenters. The van der Waals surface area contributed by atoms with E-state index in [1.54, 1.807) is 0 Å². The van der Waals surface area contributed by atoms with Gasteiger partial charge in [-0.2, -0.15) is 0 Å². The summed E-state index contributed by atoms with van der Waals surface area (Å²) < 4.78 is 0. The topological polar surface area (TPSA) is 24.1 Å². The number of nitrogens with one attached hydrogen (secondary N) is 2. The van der Waals surface area contributed by atoms with Crippen molar-refractivity contribution in [3.05, 3.63) is 23.2 Å².